The van der Waals surface area contributed by atoms with Gasteiger partial charge in [-0.25, -0.2) is 0 Å². The Hall–Kier alpha value is -2.62. The first-order valence-electron chi connectivity index (χ1n) is 5.45. The summed E-state index contributed by atoms with van der Waals surface area (Å²) < 4.78 is 5.42. The lowest BCUT2D eigenvalue weighted by molar-refractivity contribution is 0.604. The van der Waals surface area contributed by atoms with Crippen LogP contribution in [0.1, 0.15) is 0 Å². The maximum Gasteiger partial charge on any atom is 0.247 e. The van der Waals surface area contributed by atoms with Gasteiger partial charge in [-0.2, -0.15) is 0 Å². The van der Waals surface area contributed by atoms with Gasteiger partial charge in [-0.1, -0.05) is 12.1 Å². The molecule has 2 aromatic heterocycles. The van der Waals surface area contributed by atoms with Crippen molar-refractivity contribution >= 4 is 11.0 Å². The van der Waals surface area contributed by atoms with Crippen molar-refractivity contribution in [2.75, 3.05) is 0 Å². The highest BCUT2D eigenvalue weighted by Crippen LogP contribution is 2.17. The molecule has 0 aliphatic rings. The normalized spacial score (nSPS) is 10.7. The van der Waals surface area contributed by atoms with E-state index in [1.165, 1.54) is 18.5 Å². The molecule has 4 nitrogen and oxygen atoms in total. The lowest BCUT2D eigenvalue weighted by Crippen LogP contribution is -2.07. The van der Waals surface area contributed by atoms with Gasteiger partial charge in [0.15, 0.2) is 0 Å². The summed E-state index contributed by atoms with van der Waals surface area (Å²) in [5, 5.41) is 0.529. The van der Waals surface area contributed by atoms with E-state index in [1.54, 1.807) is 24.3 Å². The zero-order valence-corrected chi connectivity index (χ0v) is 9.34. The number of H-pyrrole nitrogens is 1. The Kier molecular flexibility index (Phi) is 2.34. The van der Waals surface area contributed by atoms with Crippen LogP contribution in [0.2, 0.25) is 0 Å². The van der Waals surface area contributed by atoms with Crippen molar-refractivity contribution in [3.05, 3.63) is 69.4 Å². The molecule has 1 N–H and O–H groups in total. The van der Waals surface area contributed by atoms with E-state index in [0.29, 0.717) is 22.1 Å². The van der Waals surface area contributed by atoms with E-state index < -0.39 is 0 Å². The smallest absolute Gasteiger partial charge is 0.247 e. The van der Waals surface area contributed by atoms with Crippen LogP contribution in [0.5, 0.6) is 0 Å². The van der Waals surface area contributed by atoms with Gasteiger partial charge in [-0.05, 0) is 18.2 Å². The minimum atomic E-state index is -0.205. The molecule has 0 atom stereocenters. The second-order valence-electron chi connectivity index (χ2n) is 3.92. The second kappa shape index (κ2) is 4.00. The van der Waals surface area contributed by atoms with Gasteiger partial charge in [0, 0.05) is 17.8 Å². The molecule has 0 saturated carbocycles. The summed E-state index contributed by atoms with van der Waals surface area (Å²) in [5.41, 5.74) is 1.31. The van der Waals surface area contributed by atoms with E-state index in [-0.39, 0.29) is 11.0 Å². The number of para-hydroxylation sites is 1. The van der Waals surface area contributed by atoms with Crippen LogP contribution in [-0.4, -0.2) is 4.98 Å². The number of nitrogens with one attached hydrogen (secondary N) is 1. The largest absolute Gasteiger partial charge is 0.463 e. The third-order valence-corrected chi connectivity index (χ3v) is 2.78. The van der Waals surface area contributed by atoms with Crippen LogP contribution in [0.4, 0.5) is 0 Å². The number of rotatable bonds is 1. The van der Waals surface area contributed by atoms with Gasteiger partial charge in [-0.3, -0.25) is 9.59 Å². The molecule has 18 heavy (non-hydrogen) atoms. The van der Waals surface area contributed by atoms with Gasteiger partial charge < -0.3 is 9.40 Å². The first-order valence-corrected chi connectivity index (χ1v) is 5.45. The standard InChI is InChI=1S/C14H9NO3/c16-13-6-5-9(7-15-13)11-8-18-12-4-2-1-3-10(12)14(11)17/h1-8H,(H,15,16). The lowest BCUT2D eigenvalue weighted by atomic mass is 10.1. The zero-order valence-electron chi connectivity index (χ0n) is 9.34. The molecule has 4 heteroatoms. The van der Waals surface area contributed by atoms with Crippen molar-refractivity contribution in [2.45, 2.75) is 0 Å². The highest BCUT2D eigenvalue weighted by molar-refractivity contribution is 5.81. The van der Waals surface area contributed by atoms with Gasteiger partial charge in [-0.15, -0.1) is 0 Å². The minimum absolute atomic E-state index is 0.108. The quantitative estimate of drug-likeness (QED) is 0.707. The van der Waals surface area contributed by atoms with Gasteiger partial charge in [0.2, 0.25) is 11.0 Å². The molecule has 88 valence electrons. The van der Waals surface area contributed by atoms with E-state index in [9.17, 15) is 9.59 Å². The van der Waals surface area contributed by atoms with Crippen molar-refractivity contribution in [2.24, 2.45) is 0 Å². The number of aromatic amines is 1. The SMILES string of the molecule is O=c1ccc(-c2coc3ccccc3c2=O)c[nH]1. The van der Waals surface area contributed by atoms with E-state index in [4.69, 9.17) is 4.42 Å². The van der Waals surface area contributed by atoms with E-state index in [0.717, 1.165) is 0 Å². The third-order valence-electron chi connectivity index (χ3n) is 2.78. The number of aromatic nitrogens is 1. The van der Waals surface area contributed by atoms with Crippen molar-refractivity contribution in [3.8, 4) is 11.1 Å². The predicted octanol–water partition coefficient (Wildman–Crippen LogP) is 2.15. The fourth-order valence-corrected chi connectivity index (χ4v) is 1.86. The number of fused-ring (bicyclic) bond motifs is 1. The van der Waals surface area contributed by atoms with Crippen molar-refractivity contribution in [1.29, 1.82) is 0 Å². The third kappa shape index (κ3) is 1.64. The number of hydrogen-bond donors (Lipinski definition) is 1. The van der Waals surface area contributed by atoms with Crippen LogP contribution in [0.3, 0.4) is 0 Å². The predicted molar refractivity (Wildman–Crippen MR) is 68.5 cm³/mol. The molecule has 2 heterocycles. The highest BCUT2D eigenvalue weighted by Gasteiger charge is 2.08. The van der Waals surface area contributed by atoms with Crippen LogP contribution < -0.4 is 11.0 Å². The Morgan fingerprint density at radius 2 is 1.83 bits per heavy atom. The summed E-state index contributed by atoms with van der Waals surface area (Å²) in [6, 6.07) is 10.0. The molecule has 0 fully saturated rings. The molecule has 0 radical (unpaired) electrons. The molecule has 0 spiro atoms. The molecule has 3 aromatic rings. The molecule has 0 saturated heterocycles. The van der Waals surface area contributed by atoms with Gasteiger partial charge in [0.25, 0.3) is 0 Å². The second-order valence-corrected chi connectivity index (χ2v) is 3.92. The average molecular weight is 239 g/mol. The van der Waals surface area contributed by atoms with E-state index >= 15 is 0 Å². The first-order chi connectivity index (χ1) is 8.75. The molecule has 0 aliphatic heterocycles. The fraction of sp³-hybridized carbons (Fsp3) is 0. The van der Waals surface area contributed by atoms with Crippen LogP contribution in [0, 0.1) is 0 Å². The molecule has 1 aromatic carbocycles. The van der Waals surface area contributed by atoms with Crippen LogP contribution in [-0.2, 0) is 0 Å². The Morgan fingerprint density at radius 1 is 1.00 bits per heavy atom. The van der Waals surface area contributed by atoms with Crippen molar-refractivity contribution < 1.29 is 4.42 Å². The van der Waals surface area contributed by atoms with Crippen molar-refractivity contribution in [3.63, 3.8) is 0 Å². The maximum absolute atomic E-state index is 12.3. The molecule has 0 amide bonds. The topological polar surface area (TPSA) is 63.1 Å². The highest BCUT2D eigenvalue weighted by atomic mass is 16.3. The molecule has 0 bridgehead atoms. The minimum Gasteiger partial charge on any atom is -0.463 e. The summed E-state index contributed by atoms with van der Waals surface area (Å²) in [6.07, 6.45) is 2.92. The summed E-state index contributed by atoms with van der Waals surface area (Å²) in [7, 11) is 0. The van der Waals surface area contributed by atoms with Crippen LogP contribution in [0.15, 0.2) is 62.9 Å². The number of benzene rings is 1. The molecular weight excluding hydrogens is 230 g/mol. The lowest BCUT2D eigenvalue weighted by Gasteiger charge is -2.01. The number of pyridine rings is 1. The molecule has 3 rings (SSSR count). The van der Waals surface area contributed by atoms with E-state index in [1.807, 2.05) is 6.07 Å². The van der Waals surface area contributed by atoms with Crippen molar-refractivity contribution in [1.82, 2.24) is 4.98 Å². The Bertz CT molecular complexity index is 810. The summed E-state index contributed by atoms with van der Waals surface area (Å²) in [4.78, 5) is 25.8. The first kappa shape index (κ1) is 10.5. The Morgan fingerprint density at radius 3 is 2.61 bits per heavy atom. The Balaban J connectivity index is 2.30. The van der Waals surface area contributed by atoms with Gasteiger partial charge >= 0.3 is 0 Å². The van der Waals surface area contributed by atoms with E-state index in [2.05, 4.69) is 4.98 Å². The fourth-order valence-electron chi connectivity index (χ4n) is 1.86. The monoisotopic (exact) mass is 239 g/mol. The Labute approximate surface area is 102 Å². The molecule has 0 unspecified atom stereocenters. The van der Waals surface area contributed by atoms with Crippen LogP contribution in [0.25, 0.3) is 22.1 Å². The van der Waals surface area contributed by atoms with Gasteiger partial charge in [0.1, 0.15) is 11.8 Å². The summed E-state index contributed by atoms with van der Waals surface area (Å²) in [5.74, 6) is 0. The molecular formula is C14H9NO3. The van der Waals surface area contributed by atoms with Crippen LogP contribution >= 0.6 is 0 Å². The summed E-state index contributed by atoms with van der Waals surface area (Å²) >= 11 is 0. The summed E-state index contributed by atoms with van der Waals surface area (Å²) in [6.45, 7) is 0. The number of hydrogen-bond acceptors (Lipinski definition) is 3. The average Bonchev–Trinajstić information content (AvgIpc) is 2.41. The molecule has 0 aliphatic carbocycles. The van der Waals surface area contributed by atoms with Gasteiger partial charge in [0.05, 0.1) is 10.9 Å². The maximum atomic E-state index is 12.3. The zero-order chi connectivity index (χ0) is 12.5.